The molecule has 0 spiro atoms. The quantitative estimate of drug-likeness (QED) is 0.562. The molecule has 2 aliphatic heterocycles. The van der Waals surface area contributed by atoms with E-state index in [9.17, 15) is 9.59 Å². The Labute approximate surface area is 202 Å². The summed E-state index contributed by atoms with van der Waals surface area (Å²) in [6, 6.07) is 5.89. The lowest BCUT2D eigenvalue weighted by molar-refractivity contribution is -0.134. The molecule has 0 aliphatic carbocycles. The summed E-state index contributed by atoms with van der Waals surface area (Å²) in [4.78, 5) is 34.4. The zero-order valence-corrected chi connectivity index (χ0v) is 19.8. The Morgan fingerprint density at radius 3 is 2.71 bits per heavy atom. The Morgan fingerprint density at radius 1 is 1.12 bits per heavy atom. The average Bonchev–Trinajstić information content (AvgIpc) is 3.58. The summed E-state index contributed by atoms with van der Waals surface area (Å²) in [6.45, 7) is 4.33. The van der Waals surface area contributed by atoms with Crippen molar-refractivity contribution in [2.45, 2.75) is 25.7 Å². The molecule has 2 aromatic heterocycles. The lowest BCUT2D eigenvalue weighted by atomic mass is 10.1. The molecule has 0 unspecified atom stereocenters. The van der Waals surface area contributed by atoms with Gasteiger partial charge in [-0.1, -0.05) is 6.07 Å². The molecular weight excluding hydrogens is 452 g/mol. The lowest BCUT2D eigenvalue weighted by Crippen LogP contribution is -2.41. The third-order valence-corrected chi connectivity index (χ3v) is 7.10. The van der Waals surface area contributed by atoms with E-state index in [1.807, 2.05) is 17.0 Å². The SMILES string of the molecule is O=C(Nc1ccc(CC(=O)N2CCOCC2)cc1N1CCCCC1)c1csc(-c2cn[nH]c2)n1. The summed E-state index contributed by atoms with van der Waals surface area (Å²) in [7, 11) is 0. The summed E-state index contributed by atoms with van der Waals surface area (Å²) >= 11 is 1.41. The number of aromatic amines is 1. The van der Waals surface area contributed by atoms with Gasteiger partial charge < -0.3 is 19.9 Å². The number of benzene rings is 1. The number of rotatable bonds is 6. The Kier molecular flexibility index (Phi) is 6.87. The van der Waals surface area contributed by atoms with Gasteiger partial charge in [0.05, 0.1) is 37.2 Å². The van der Waals surface area contributed by atoms with E-state index < -0.39 is 0 Å². The number of amides is 2. The van der Waals surface area contributed by atoms with Crippen molar-refractivity contribution < 1.29 is 14.3 Å². The minimum Gasteiger partial charge on any atom is -0.378 e. The van der Waals surface area contributed by atoms with Gasteiger partial charge in [0, 0.05) is 43.3 Å². The van der Waals surface area contributed by atoms with E-state index in [-0.39, 0.29) is 11.8 Å². The molecule has 0 atom stereocenters. The van der Waals surface area contributed by atoms with Gasteiger partial charge in [0.15, 0.2) is 0 Å². The molecule has 0 radical (unpaired) electrons. The molecule has 34 heavy (non-hydrogen) atoms. The third kappa shape index (κ3) is 5.13. The molecular formula is C24H28N6O3S. The fourth-order valence-electron chi connectivity index (χ4n) is 4.35. The van der Waals surface area contributed by atoms with Crippen molar-refractivity contribution in [2.75, 3.05) is 49.6 Å². The molecule has 1 aromatic carbocycles. The molecule has 2 N–H and O–H groups in total. The molecule has 2 fully saturated rings. The van der Waals surface area contributed by atoms with Crippen LogP contribution in [0, 0.1) is 0 Å². The first-order valence-corrected chi connectivity index (χ1v) is 12.5. The van der Waals surface area contributed by atoms with Gasteiger partial charge in [0.25, 0.3) is 5.91 Å². The summed E-state index contributed by atoms with van der Waals surface area (Å²) < 4.78 is 5.36. The van der Waals surface area contributed by atoms with E-state index in [0.717, 1.165) is 53.4 Å². The number of carbonyl (C=O) groups is 2. The first-order valence-electron chi connectivity index (χ1n) is 11.7. The largest absolute Gasteiger partial charge is 0.378 e. The van der Waals surface area contributed by atoms with Crippen LogP contribution in [0.5, 0.6) is 0 Å². The van der Waals surface area contributed by atoms with Crippen LogP contribution in [0.4, 0.5) is 11.4 Å². The summed E-state index contributed by atoms with van der Waals surface area (Å²) in [5.74, 6) is -0.139. The minimum absolute atomic E-state index is 0.110. The molecule has 2 aliphatic rings. The van der Waals surface area contributed by atoms with Gasteiger partial charge in [-0.3, -0.25) is 14.7 Å². The van der Waals surface area contributed by atoms with Crippen LogP contribution in [0.1, 0.15) is 35.3 Å². The van der Waals surface area contributed by atoms with Gasteiger partial charge in [-0.2, -0.15) is 5.10 Å². The number of hydrogen-bond acceptors (Lipinski definition) is 7. The van der Waals surface area contributed by atoms with Crippen LogP contribution >= 0.6 is 11.3 Å². The van der Waals surface area contributed by atoms with Crippen molar-refractivity contribution in [3.8, 4) is 10.6 Å². The first kappa shape index (κ1) is 22.5. The molecule has 2 saturated heterocycles. The second kappa shape index (κ2) is 10.4. The highest BCUT2D eigenvalue weighted by Gasteiger charge is 2.21. The topological polar surface area (TPSA) is 103 Å². The number of aromatic nitrogens is 3. The number of hydrogen-bond donors (Lipinski definition) is 2. The summed E-state index contributed by atoms with van der Waals surface area (Å²) in [5.41, 5.74) is 3.88. The highest BCUT2D eigenvalue weighted by atomic mass is 32.1. The van der Waals surface area contributed by atoms with E-state index in [2.05, 4.69) is 31.5 Å². The molecule has 2 amide bonds. The molecule has 5 rings (SSSR count). The maximum absolute atomic E-state index is 13.0. The monoisotopic (exact) mass is 480 g/mol. The Balaban J connectivity index is 1.35. The highest BCUT2D eigenvalue weighted by molar-refractivity contribution is 7.13. The van der Waals surface area contributed by atoms with Crippen molar-refractivity contribution >= 4 is 34.5 Å². The van der Waals surface area contributed by atoms with Crippen molar-refractivity contribution in [2.24, 2.45) is 0 Å². The third-order valence-electron chi connectivity index (χ3n) is 6.21. The van der Waals surface area contributed by atoms with Crippen molar-refractivity contribution in [3.63, 3.8) is 0 Å². The standard InChI is InChI=1S/C24H28N6O3S/c31-22(30-8-10-33-11-9-30)13-17-4-5-19(21(12-17)29-6-2-1-3-7-29)27-23(32)20-16-34-24(28-20)18-14-25-26-15-18/h4-5,12,14-16H,1-3,6-11,13H2,(H,25,26)(H,27,32). The molecule has 0 saturated carbocycles. The molecule has 4 heterocycles. The molecule has 178 valence electrons. The van der Waals surface area contributed by atoms with Gasteiger partial charge in [0.2, 0.25) is 5.91 Å². The smallest absolute Gasteiger partial charge is 0.275 e. The zero-order valence-electron chi connectivity index (χ0n) is 19.0. The van der Waals surface area contributed by atoms with E-state index in [1.54, 1.807) is 17.8 Å². The molecule has 0 bridgehead atoms. The average molecular weight is 481 g/mol. The molecule has 10 heteroatoms. The Bertz CT molecular complexity index is 1130. The van der Waals surface area contributed by atoms with Gasteiger partial charge >= 0.3 is 0 Å². The van der Waals surface area contributed by atoms with Crippen LogP contribution in [0.15, 0.2) is 36.0 Å². The first-order chi connectivity index (χ1) is 16.7. The highest BCUT2D eigenvalue weighted by Crippen LogP contribution is 2.31. The van der Waals surface area contributed by atoms with Crippen LogP contribution in [0.2, 0.25) is 0 Å². The molecule has 9 nitrogen and oxygen atoms in total. The van der Waals surface area contributed by atoms with Crippen LogP contribution < -0.4 is 10.2 Å². The summed E-state index contributed by atoms with van der Waals surface area (Å²) in [5, 5.41) is 12.3. The maximum Gasteiger partial charge on any atom is 0.275 e. The van der Waals surface area contributed by atoms with Crippen molar-refractivity contribution in [3.05, 3.63) is 47.2 Å². The predicted molar refractivity (Wildman–Crippen MR) is 131 cm³/mol. The van der Waals surface area contributed by atoms with E-state index in [4.69, 9.17) is 4.74 Å². The van der Waals surface area contributed by atoms with E-state index in [1.165, 1.54) is 17.8 Å². The van der Waals surface area contributed by atoms with Gasteiger partial charge in [-0.15, -0.1) is 11.3 Å². The predicted octanol–water partition coefficient (Wildman–Crippen LogP) is 3.18. The van der Waals surface area contributed by atoms with Crippen molar-refractivity contribution in [1.82, 2.24) is 20.1 Å². The molecule has 3 aromatic rings. The number of nitrogens with one attached hydrogen (secondary N) is 2. The van der Waals surface area contributed by atoms with E-state index in [0.29, 0.717) is 38.4 Å². The normalized spacial score (nSPS) is 16.5. The zero-order chi connectivity index (χ0) is 23.3. The van der Waals surface area contributed by atoms with Gasteiger partial charge in [-0.05, 0) is 37.0 Å². The van der Waals surface area contributed by atoms with Gasteiger partial charge in [0.1, 0.15) is 10.7 Å². The van der Waals surface area contributed by atoms with Crippen LogP contribution in [0.25, 0.3) is 10.6 Å². The second-order valence-corrected chi connectivity index (χ2v) is 9.41. The number of carbonyl (C=O) groups excluding carboxylic acids is 2. The van der Waals surface area contributed by atoms with Crippen LogP contribution in [0.3, 0.4) is 0 Å². The summed E-state index contributed by atoms with van der Waals surface area (Å²) in [6.07, 6.45) is 7.23. The fourth-order valence-corrected chi connectivity index (χ4v) is 5.14. The number of anilines is 2. The lowest BCUT2D eigenvalue weighted by Gasteiger charge is -2.31. The number of ether oxygens (including phenoxy) is 1. The number of morpholine rings is 1. The number of piperidine rings is 1. The second-order valence-electron chi connectivity index (χ2n) is 8.55. The Hall–Kier alpha value is -3.24. The minimum atomic E-state index is -0.249. The maximum atomic E-state index is 13.0. The van der Waals surface area contributed by atoms with Gasteiger partial charge in [-0.25, -0.2) is 4.98 Å². The number of thiazole rings is 1. The van der Waals surface area contributed by atoms with Crippen molar-refractivity contribution in [1.29, 1.82) is 0 Å². The number of H-pyrrole nitrogens is 1. The van der Waals surface area contributed by atoms with Crippen LogP contribution in [-0.4, -0.2) is 71.3 Å². The van der Waals surface area contributed by atoms with E-state index >= 15 is 0 Å². The van der Waals surface area contributed by atoms with Crippen LogP contribution in [-0.2, 0) is 16.0 Å². The number of nitrogens with zero attached hydrogens (tertiary/aromatic N) is 4. The fraction of sp³-hybridized carbons (Fsp3) is 0.417. The Morgan fingerprint density at radius 2 is 1.94 bits per heavy atom.